The SMILES string of the molecule is C=Cc1c(/C=C\C)nc(-c2cccc(B3N(c4ccccc4)C(=C)/C(=C\c4ccccc4C)N3c3ccccc3)c2)n1-c1ccccc1. The molecular weight excluding hydrogens is 583 g/mol. The van der Waals surface area contributed by atoms with Gasteiger partial charge in [0.05, 0.1) is 17.1 Å². The van der Waals surface area contributed by atoms with Gasteiger partial charge in [0.1, 0.15) is 5.82 Å². The zero-order valence-corrected chi connectivity index (χ0v) is 27.4. The Kier molecular flexibility index (Phi) is 8.50. The van der Waals surface area contributed by atoms with Crippen LogP contribution < -0.4 is 15.1 Å². The van der Waals surface area contributed by atoms with E-state index in [9.17, 15) is 0 Å². The van der Waals surface area contributed by atoms with Crippen molar-refractivity contribution in [3.8, 4) is 17.1 Å². The minimum absolute atomic E-state index is 0.216. The van der Waals surface area contributed by atoms with Gasteiger partial charge in [-0.05, 0) is 85.1 Å². The van der Waals surface area contributed by atoms with Gasteiger partial charge in [0, 0.05) is 28.3 Å². The first-order valence-electron chi connectivity index (χ1n) is 16.3. The fourth-order valence-electron chi connectivity index (χ4n) is 6.56. The number of imidazole rings is 1. The molecule has 0 saturated carbocycles. The van der Waals surface area contributed by atoms with Crippen LogP contribution in [0.15, 0.2) is 170 Å². The molecule has 2 heterocycles. The van der Waals surface area contributed by atoms with Crippen molar-refractivity contribution in [3.05, 3.63) is 193 Å². The Bertz CT molecular complexity index is 2150. The van der Waals surface area contributed by atoms with Crippen LogP contribution >= 0.6 is 0 Å². The van der Waals surface area contributed by atoms with E-state index in [1.54, 1.807) is 0 Å². The third-order valence-electron chi connectivity index (χ3n) is 8.80. The average molecular weight is 621 g/mol. The largest absolute Gasteiger partial charge is 0.420 e. The second kappa shape index (κ2) is 13.3. The van der Waals surface area contributed by atoms with Gasteiger partial charge in [-0.1, -0.05) is 122 Å². The molecule has 4 nitrogen and oxygen atoms in total. The molecular formula is C43H37BN4. The molecule has 1 aromatic heterocycles. The third kappa shape index (κ3) is 5.60. The molecule has 7 rings (SSSR count). The lowest BCUT2D eigenvalue weighted by Crippen LogP contribution is -2.53. The van der Waals surface area contributed by atoms with Crippen LogP contribution in [0.1, 0.15) is 29.4 Å². The van der Waals surface area contributed by atoms with Crippen molar-refractivity contribution in [1.82, 2.24) is 9.55 Å². The highest BCUT2D eigenvalue weighted by molar-refractivity contribution is 6.83. The van der Waals surface area contributed by atoms with Crippen LogP contribution in [0, 0.1) is 6.92 Å². The lowest BCUT2D eigenvalue weighted by atomic mass is 9.64. The second-order valence-electron chi connectivity index (χ2n) is 11.8. The van der Waals surface area contributed by atoms with Gasteiger partial charge in [-0.15, -0.1) is 0 Å². The lowest BCUT2D eigenvalue weighted by molar-refractivity contribution is 1.05. The Morgan fingerprint density at radius 3 is 1.92 bits per heavy atom. The molecule has 0 N–H and O–H groups in total. The summed E-state index contributed by atoms with van der Waals surface area (Å²) in [7, 11) is 0. The number of allylic oxidation sites excluding steroid dienone is 1. The number of hydrogen-bond acceptors (Lipinski definition) is 3. The van der Waals surface area contributed by atoms with E-state index in [0.29, 0.717) is 0 Å². The highest BCUT2D eigenvalue weighted by Gasteiger charge is 2.45. The molecule has 0 bridgehead atoms. The summed E-state index contributed by atoms with van der Waals surface area (Å²) in [6, 6.07) is 48.8. The summed E-state index contributed by atoms with van der Waals surface area (Å²) in [5, 5.41) is 0. The zero-order valence-electron chi connectivity index (χ0n) is 27.4. The molecule has 1 aliphatic rings. The molecule has 0 spiro atoms. The highest BCUT2D eigenvalue weighted by atomic mass is 15.3. The normalized spacial score (nSPS) is 14.0. The Hall–Kier alpha value is -6.07. The Morgan fingerprint density at radius 2 is 1.29 bits per heavy atom. The minimum atomic E-state index is -0.216. The molecule has 0 amide bonds. The smallest absolute Gasteiger partial charge is 0.360 e. The van der Waals surface area contributed by atoms with Gasteiger partial charge in [-0.2, -0.15) is 0 Å². The molecule has 48 heavy (non-hydrogen) atoms. The number of aromatic nitrogens is 2. The van der Waals surface area contributed by atoms with E-state index >= 15 is 0 Å². The summed E-state index contributed by atoms with van der Waals surface area (Å²) < 4.78 is 2.20. The fourth-order valence-corrected chi connectivity index (χ4v) is 6.56. The van der Waals surface area contributed by atoms with Crippen LogP contribution in [0.3, 0.4) is 0 Å². The van der Waals surface area contributed by atoms with E-state index in [4.69, 9.17) is 11.6 Å². The molecule has 232 valence electrons. The first-order valence-corrected chi connectivity index (χ1v) is 16.3. The highest BCUT2D eigenvalue weighted by Crippen LogP contribution is 2.39. The van der Waals surface area contributed by atoms with Gasteiger partial charge in [0.25, 0.3) is 0 Å². The Balaban J connectivity index is 1.46. The number of hydrogen-bond donors (Lipinski definition) is 0. The number of benzene rings is 5. The van der Waals surface area contributed by atoms with Crippen LogP contribution in [0.5, 0.6) is 0 Å². The molecule has 0 atom stereocenters. The maximum atomic E-state index is 5.18. The van der Waals surface area contributed by atoms with Crippen LogP contribution in [0.4, 0.5) is 11.4 Å². The fraction of sp³-hybridized carbons (Fsp3) is 0.0465. The van der Waals surface area contributed by atoms with Crippen LogP contribution in [0.2, 0.25) is 0 Å². The summed E-state index contributed by atoms with van der Waals surface area (Å²) in [6.07, 6.45) is 8.22. The molecule has 6 aromatic rings. The standard InChI is InChI=1S/C43H37BN4/c1-5-19-40-41(6-2)46(37-24-10-7-11-25-37)43(45-40)35-22-18-23-36(30-35)44-47(38-26-12-8-13-27-38)33(4)42(31-34-21-17-16-20-32(34)3)48(44)39-28-14-9-15-29-39/h5-31H,2,4H2,1,3H3/b19-5-,42-31+. The second-order valence-corrected chi connectivity index (χ2v) is 11.8. The monoisotopic (exact) mass is 620 g/mol. The van der Waals surface area contributed by atoms with E-state index in [1.807, 2.05) is 31.2 Å². The third-order valence-corrected chi connectivity index (χ3v) is 8.80. The molecule has 0 unspecified atom stereocenters. The van der Waals surface area contributed by atoms with Gasteiger partial charge >= 0.3 is 6.98 Å². The minimum Gasteiger partial charge on any atom is -0.360 e. The van der Waals surface area contributed by atoms with Crippen LogP contribution in [0.25, 0.3) is 35.3 Å². The molecule has 0 aliphatic carbocycles. The van der Waals surface area contributed by atoms with Gasteiger partial charge in [0.2, 0.25) is 0 Å². The van der Waals surface area contributed by atoms with Crippen molar-refractivity contribution in [1.29, 1.82) is 0 Å². The summed E-state index contributed by atoms with van der Waals surface area (Å²) >= 11 is 0. The van der Waals surface area contributed by atoms with E-state index in [-0.39, 0.29) is 6.98 Å². The predicted octanol–water partition coefficient (Wildman–Crippen LogP) is 9.80. The van der Waals surface area contributed by atoms with Crippen molar-refractivity contribution in [2.24, 2.45) is 0 Å². The van der Waals surface area contributed by atoms with E-state index < -0.39 is 0 Å². The predicted molar refractivity (Wildman–Crippen MR) is 205 cm³/mol. The summed E-state index contributed by atoms with van der Waals surface area (Å²) in [4.78, 5) is 9.94. The Labute approximate surface area is 284 Å². The van der Waals surface area contributed by atoms with E-state index in [1.165, 1.54) is 5.56 Å². The lowest BCUT2D eigenvalue weighted by Gasteiger charge is -2.29. The molecule has 1 fully saturated rings. The van der Waals surface area contributed by atoms with Gasteiger partial charge < -0.3 is 9.62 Å². The maximum Gasteiger partial charge on any atom is 0.420 e. The van der Waals surface area contributed by atoms with Crippen molar-refractivity contribution in [3.63, 3.8) is 0 Å². The van der Waals surface area contributed by atoms with Gasteiger partial charge in [0.15, 0.2) is 0 Å². The van der Waals surface area contributed by atoms with E-state index in [0.717, 1.165) is 62.3 Å². The van der Waals surface area contributed by atoms with Gasteiger partial charge in [-0.3, -0.25) is 4.57 Å². The van der Waals surface area contributed by atoms with Crippen molar-refractivity contribution in [2.45, 2.75) is 13.8 Å². The average Bonchev–Trinajstić information content (AvgIpc) is 3.65. The number of aryl methyl sites for hydroxylation is 1. The zero-order chi connectivity index (χ0) is 33.0. The Morgan fingerprint density at radius 1 is 0.688 bits per heavy atom. The summed E-state index contributed by atoms with van der Waals surface area (Å²) in [5.74, 6) is 0.857. The topological polar surface area (TPSA) is 24.3 Å². The maximum absolute atomic E-state index is 5.18. The quantitative estimate of drug-likeness (QED) is 0.158. The number of para-hydroxylation sites is 3. The number of nitrogens with zero attached hydrogens (tertiary/aromatic N) is 4. The molecule has 1 saturated heterocycles. The number of anilines is 2. The van der Waals surface area contributed by atoms with Crippen molar-refractivity contribution in [2.75, 3.05) is 9.62 Å². The molecule has 5 aromatic carbocycles. The summed E-state index contributed by atoms with van der Waals surface area (Å²) in [6.45, 7) is 12.9. The first kappa shape index (κ1) is 30.6. The molecule has 0 radical (unpaired) electrons. The molecule has 1 aliphatic heterocycles. The van der Waals surface area contributed by atoms with Crippen LogP contribution in [-0.2, 0) is 0 Å². The van der Waals surface area contributed by atoms with Gasteiger partial charge in [-0.25, -0.2) is 4.98 Å². The van der Waals surface area contributed by atoms with Crippen LogP contribution in [-0.4, -0.2) is 16.5 Å². The summed E-state index contributed by atoms with van der Waals surface area (Å²) in [5.41, 5.74) is 11.5. The number of rotatable bonds is 8. The molecule has 5 heteroatoms. The van der Waals surface area contributed by atoms with Crippen molar-refractivity contribution >= 4 is 42.0 Å². The first-order chi connectivity index (χ1) is 23.6. The van der Waals surface area contributed by atoms with Crippen molar-refractivity contribution < 1.29 is 0 Å². The van der Waals surface area contributed by atoms with E-state index in [2.05, 4.69) is 167 Å².